The van der Waals surface area contributed by atoms with Crippen molar-refractivity contribution in [2.24, 2.45) is 0 Å². The second kappa shape index (κ2) is 6.61. The Morgan fingerprint density at radius 1 is 1.35 bits per heavy atom. The van der Waals surface area contributed by atoms with Crippen LogP contribution >= 0.6 is 0 Å². The molecule has 1 N–H and O–H groups in total. The van der Waals surface area contributed by atoms with Gasteiger partial charge in [0.05, 0.1) is 20.8 Å². The summed E-state index contributed by atoms with van der Waals surface area (Å²) in [7, 11) is 3.18. The molecule has 5 heteroatoms. The summed E-state index contributed by atoms with van der Waals surface area (Å²) >= 11 is 0. The van der Waals surface area contributed by atoms with Crippen LogP contribution in [0.4, 0.5) is 0 Å². The lowest BCUT2D eigenvalue weighted by molar-refractivity contribution is -0.146. The zero-order valence-electron chi connectivity index (χ0n) is 12.1. The molecule has 1 aliphatic carbocycles. The fourth-order valence-corrected chi connectivity index (χ4v) is 2.05. The molecule has 110 valence electrons. The summed E-state index contributed by atoms with van der Waals surface area (Å²) in [4.78, 5) is 12.2. The van der Waals surface area contributed by atoms with Crippen molar-refractivity contribution in [2.45, 2.75) is 31.8 Å². The summed E-state index contributed by atoms with van der Waals surface area (Å²) in [6, 6.07) is 5.32. The van der Waals surface area contributed by atoms with Gasteiger partial charge >= 0.3 is 5.97 Å². The van der Waals surface area contributed by atoms with Crippen LogP contribution in [0.1, 0.15) is 31.4 Å². The molecule has 20 heavy (non-hydrogen) atoms. The minimum atomic E-state index is -0.497. The van der Waals surface area contributed by atoms with Crippen molar-refractivity contribution in [2.75, 3.05) is 20.8 Å². The monoisotopic (exact) mass is 279 g/mol. The molecule has 1 aromatic carbocycles. The van der Waals surface area contributed by atoms with Gasteiger partial charge in [0.15, 0.2) is 0 Å². The van der Waals surface area contributed by atoms with Crippen LogP contribution in [0.25, 0.3) is 0 Å². The van der Waals surface area contributed by atoms with Gasteiger partial charge in [-0.25, -0.2) is 4.79 Å². The SMILES string of the molecule is CCOC(=O)C(NC1CC1)c1ccc(OC)cc1OC. The Kier molecular flexibility index (Phi) is 4.84. The van der Waals surface area contributed by atoms with Crippen LogP contribution in [0.2, 0.25) is 0 Å². The molecule has 1 aromatic rings. The average molecular weight is 279 g/mol. The van der Waals surface area contributed by atoms with Crippen molar-refractivity contribution in [3.8, 4) is 11.5 Å². The Bertz CT molecular complexity index is 471. The maximum absolute atomic E-state index is 12.2. The molecule has 0 saturated heterocycles. The highest BCUT2D eigenvalue weighted by molar-refractivity contribution is 5.79. The van der Waals surface area contributed by atoms with E-state index in [-0.39, 0.29) is 5.97 Å². The quantitative estimate of drug-likeness (QED) is 0.774. The third-order valence-corrected chi connectivity index (χ3v) is 3.25. The predicted molar refractivity (Wildman–Crippen MR) is 75.1 cm³/mol. The molecule has 0 spiro atoms. The van der Waals surface area contributed by atoms with E-state index in [1.165, 1.54) is 0 Å². The summed E-state index contributed by atoms with van der Waals surface area (Å²) < 4.78 is 15.7. The Hall–Kier alpha value is -1.75. The number of carbonyl (C=O) groups excluding carboxylic acids is 1. The third kappa shape index (κ3) is 3.42. The fraction of sp³-hybridized carbons (Fsp3) is 0.533. The summed E-state index contributed by atoms with van der Waals surface area (Å²) in [6.45, 7) is 2.16. The van der Waals surface area contributed by atoms with Gasteiger partial charge in [0, 0.05) is 17.7 Å². The molecule has 0 amide bonds. The Labute approximate surface area is 119 Å². The number of carbonyl (C=O) groups is 1. The highest BCUT2D eigenvalue weighted by Crippen LogP contribution is 2.32. The lowest BCUT2D eigenvalue weighted by atomic mass is 10.1. The number of rotatable bonds is 7. The number of hydrogen-bond donors (Lipinski definition) is 1. The van der Waals surface area contributed by atoms with Gasteiger partial charge in [0.1, 0.15) is 17.5 Å². The van der Waals surface area contributed by atoms with Crippen molar-refractivity contribution in [1.29, 1.82) is 0 Å². The van der Waals surface area contributed by atoms with Crippen LogP contribution in [0.5, 0.6) is 11.5 Å². The van der Waals surface area contributed by atoms with Gasteiger partial charge in [-0.1, -0.05) is 0 Å². The maximum Gasteiger partial charge on any atom is 0.327 e. The normalized spacial score (nSPS) is 15.6. The predicted octanol–water partition coefficient (Wildman–Crippen LogP) is 2.06. The highest BCUT2D eigenvalue weighted by atomic mass is 16.5. The first-order valence-corrected chi connectivity index (χ1v) is 6.84. The number of hydrogen-bond acceptors (Lipinski definition) is 5. The van der Waals surface area contributed by atoms with E-state index in [1.807, 2.05) is 12.1 Å². The minimum absolute atomic E-state index is 0.275. The van der Waals surface area contributed by atoms with Crippen LogP contribution in [0.15, 0.2) is 18.2 Å². The molecule has 0 aliphatic heterocycles. The van der Waals surface area contributed by atoms with Gasteiger partial charge in [0.2, 0.25) is 0 Å². The number of benzene rings is 1. The van der Waals surface area contributed by atoms with Crippen molar-refractivity contribution in [1.82, 2.24) is 5.32 Å². The Morgan fingerprint density at radius 3 is 2.65 bits per heavy atom. The van der Waals surface area contributed by atoms with E-state index >= 15 is 0 Å². The first-order valence-electron chi connectivity index (χ1n) is 6.84. The molecular formula is C15H21NO4. The topological polar surface area (TPSA) is 56.8 Å². The van der Waals surface area contributed by atoms with Gasteiger partial charge in [-0.15, -0.1) is 0 Å². The Morgan fingerprint density at radius 2 is 2.10 bits per heavy atom. The smallest absolute Gasteiger partial charge is 0.327 e. The number of nitrogens with one attached hydrogen (secondary N) is 1. The van der Waals surface area contributed by atoms with Crippen molar-refractivity contribution < 1.29 is 19.0 Å². The molecule has 1 saturated carbocycles. The largest absolute Gasteiger partial charge is 0.497 e. The van der Waals surface area contributed by atoms with E-state index < -0.39 is 6.04 Å². The molecule has 1 aliphatic rings. The van der Waals surface area contributed by atoms with Crippen LogP contribution in [-0.2, 0) is 9.53 Å². The zero-order chi connectivity index (χ0) is 14.5. The summed E-state index contributed by atoms with van der Waals surface area (Å²) in [5.74, 6) is 1.04. The first kappa shape index (κ1) is 14.7. The summed E-state index contributed by atoms with van der Waals surface area (Å²) in [5.41, 5.74) is 0.777. The fourth-order valence-electron chi connectivity index (χ4n) is 2.05. The summed E-state index contributed by atoms with van der Waals surface area (Å²) in [5, 5.41) is 3.31. The molecule has 1 atom stereocenters. The summed E-state index contributed by atoms with van der Waals surface area (Å²) in [6.07, 6.45) is 2.18. The number of ether oxygens (including phenoxy) is 3. The molecule has 1 unspecified atom stereocenters. The van der Waals surface area contributed by atoms with Crippen molar-refractivity contribution >= 4 is 5.97 Å². The molecular weight excluding hydrogens is 258 g/mol. The van der Waals surface area contributed by atoms with E-state index in [0.29, 0.717) is 24.1 Å². The van der Waals surface area contributed by atoms with E-state index in [0.717, 1.165) is 18.4 Å². The molecule has 2 rings (SSSR count). The first-order chi connectivity index (χ1) is 9.69. The van der Waals surface area contributed by atoms with Gasteiger partial charge in [0.25, 0.3) is 0 Å². The van der Waals surface area contributed by atoms with E-state index in [9.17, 15) is 4.79 Å². The van der Waals surface area contributed by atoms with Crippen LogP contribution in [0, 0.1) is 0 Å². The standard InChI is InChI=1S/C15H21NO4/c1-4-20-15(17)14(16-10-5-6-10)12-8-7-11(18-2)9-13(12)19-3/h7-10,14,16H,4-6H2,1-3H3. The Balaban J connectivity index is 2.28. The van der Waals surface area contributed by atoms with Crippen LogP contribution in [-0.4, -0.2) is 32.8 Å². The number of esters is 1. The second-order valence-electron chi connectivity index (χ2n) is 4.73. The third-order valence-electron chi connectivity index (χ3n) is 3.25. The van der Waals surface area contributed by atoms with E-state index in [4.69, 9.17) is 14.2 Å². The van der Waals surface area contributed by atoms with E-state index in [1.54, 1.807) is 27.2 Å². The molecule has 5 nitrogen and oxygen atoms in total. The minimum Gasteiger partial charge on any atom is -0.497 e. The van der Waals surface area contributed by atoms with Gasteiger partial charge in [-0.05, 0) is 31.9 Å². The lowest BCUT2D eigenvalue weighted by Gasteiger charge is -2.20. The maximum atomic E-state index is 12.2. The lowest BCUT2D eigenvalue weighted by Crippen LogP contribution is -2.32. The van der Waals surface area contributed by atoms with Crippen LogP contribution < -0.4 is 14.8 Å². The highest BCUT2D eigenvalue weighted by Gasteiger charge is 2.32. The van der Waals surface area contributed by atoms with Gasteiger partial charge in [-0.2, -0.15) is 0 Å². The van der Waals surface area contributed by atoms with Gasteiger partial charge < -0.3 is 14.2 Å². The molecule has 1 fully saturated rings. The van der Waals surface area contributed by atoms with Crippen LogP contribution in [0.3, 0.4) is 0 Å². The molecule has 0 aromatic heterocycles. The molecule has 0 heterocycles. The van der Waals surface area contributed by atoms with Crippen molar-refractivity contribution in [3.63, 3.8) is 0 Å². The van der Waals surface area contributed by atoms with Crippen molar-refractivity contribution in [3.05, 3.63) is 23.8 Å². The second-order valence-corrected chi connectivity index (χ2v) is 4.73. The molecule has 0 bridgehead atoms. The molecule has 0 radical (unpaired) electrons. The van der Waals surface area contributed by atoms with Gasteiger partial charge in [-0.3, -0.25) is 5.32 Å². The average Bonchev–Trinajstić information content (AvgIpc) is 3.28. The zero-order valence-corrected chi connectivity index (χ0v) is 12.1. The number of methoxy groups -OCH3 is 2. The van der Waals surface area contributed by atoms with E-state index in [2.05, 4.69) is 5.32 Å².